The number of amides is 1. The number of aryl methyl sites for hydroxylation is 1. The van der Waals surface area contributed by atoms with Crippen LogP contribution in [-0.4, -0.2) is 31.2 Å². The van der Waals surface area contributed by atoms with E-state index in [9.17, 15) is 4.79 Å². The van der Waals surface area contributed by atoms with Gasteiger partial charge in [0.15, 0.2) is 5.76 Å². The van der Waals surface area contributed by atoms with E-state index in [1.165, 1.54) is 11.8 Å². The minimum atomic E-state index is -0.156. The van der Waals surface area contributed by atoms with E-state index in [4.69, 9.17) is 16.0 Å². The van der Waals surface area contributed by atoms with Gasteiger partial charge in [-0.2, -0.15) is 0 Å². The summed E-state index contributed by atoms with van der Waals surface area (Å²) in [5, 5.41) is 12.5. The van der Waals surface area contributed by atoms with Crippen molar-refractivity contribution in [3.63, 3.8) is 0 Å². The molecule has 0 bridgehead atoms. The van der Waals surface area contributed by atoms with Gasteiger partial charge in [0.2, 0.25) is 16.9 Å². The maximum absolute atomic E-state index is 12.4. The molecule has 0 spiro atoms. The second-order valence-corrected chi connectivity index (χ2v) is 7.33. The molecule has 28 heavy (non-hydrogen) atoms. The number of carbonyl (C=O) groups is 1. The van der Waals surface area contributed by atoms with Crippen LogP contribution in [0, 0.1) is 6.92 Å². The summed E-state index contributed by atoms with van der Waals surface area (Å²) in [6, 6.07) is 12.8. The summed E-state index contributed by atoms with van der Waals surface area (Å²) >= 11 is 7.30. The first-order chi connectivity index (χ1) is 13.6. The molecule has 0 aliphatic heterocycles. The van der Waals surface area contributed by atoms with Gasteiger partial charge in [-0.25, -0.2) is 4.68 Å². The lowest BCUT2D eigenvalue weighted by Gasteiger charge is -2.11. The fraction of sp³-hybridized carbons (Fsp3) is 0.105. The molecule has 1 aromatic carbocycles. The topological polar surface area (TPSA) is 77.9 Å². The zero-order valence-electron chi connectivity index (χ0n) is 14.9. The number of anilines is 1. The average Bonchev–Trinajstić information content (AvgIpc) is 3.43. The van der Waals surface area contributed by atoms with E-state index in [1.54, 1.807) is 29.1 Å². The molecule has 3 aromatic heterocycles. The highest BCUT2D eigenvalue weighted by Gasteiger charge is 2.18. The van der Waals surface area contributed by atoms with Gasteiger partial charge in [-0.05, 0) is 48.9 Å². The second-order valence-electron chi connectivity index (χ2n) is 5.95. The summed E-state index contributed by atoms with van der Waals surface area (Å²) in [4.78, 5) is 12.4. The van der Waals surface area contributed by atoms with Crippen LogP contribution in [0.4, 0.5) is 5.69 Å². The minimum Gasteiger partial charge on any atom is -0.461 e. The Hall–Kier alpha value is -2.97. The predicted molar refractivity (Wildman–Crippen MR) is 108 cm³/mol. The Morgan fingerprint density at radius 3 is 2.79 bits per heavy atom. The van der Waals surface area contributed by atoms with Crippen LogP contribution in [0.2, 0.25) is 5.02 Å². The first kappa shape index (κ1) is 18.4. The monoisotopic (exact) mass is 413 g/mol. The first-order valence-electron chi connectivity index (χ1n) is 8.43. The van der Waals surface area contributed by atoms with Crippen LogP contribution in [0.1, 0.15) is 5.56 Å². The third-order valence-corrected chi connectivity index (χ3v) is 5.13. The molecule has 0 fully saturated rings. The Bertz CT molecular complexity index is 1090. The van der Waals surface area contributed by atoms with Crippen molar-refractivity contribution in [2.24, 2.45) is 0 Å². The molecule has 0 aliphatic rings. The van der Waals surface area contributed by atoms with Gasteiger partial charge in [0.25, 0.3) is 0 Å². The maximum Gasteiger partial charge on any atom is 0.234 e. The predicted octanol–water partition coefficient (Wildman–Crippen LogP) is 4.34. The number of halogens is 1. The molecule has 0 radical (unpaired) electrons. The van der Waals surface area contributed by atoms with Gasteiger partial charge in [-0.3, -0.25) is 9.47 Å². The molecule has 0 aliphatic carbocycles. The summed E-state index contributed by atoms with van der Waals surface area (Å²) in [5.74, 6) is 1.16. The normalized spacial score (nSPS) is 10.9. The van der Waals surface area contributed by atoms with Crippen molar-refractivity contribution >= 4 is 35.0 Å². The largest absolute Gasteiger partial charge is 0.461 e. The molecule has 4 rings (SSSR count). The number of carbonyl (C=O) groups excluding carboxylic acids is 1. The van der Waals surface area contributed by atoms with Crippen LogP contribution in [0.3, 0.4) is 0 Å². The summed E-state index contributed by atoms with van der Waals surface area (Å²) in [6.07, 6.45) is 5.32. The average molecular weight is 414 g/mol. The van der Waals surface area contributed by atoms with E-state index in [0.717, 1.165) is 5.56 Å². The summed E-state index contributed by atoms with van der Waals surface area (Å²) in [7, 11) is 0. The first-order valence-corrected chi connectivity index (χ1v) is 9.80. The van der Waals surface area contributed by atoms with Crippen molar-refractivity contribution < 1.29 is 9.21 Å². The highest BCUT2D eigenvalue weighted by atomic mass is 35.5. The van der Waals surface area contributed by atoms with Crippen LogP contribution in [0.25, 0.3) is 11.6 Å². The van der Waals surface area contributed by atoms with Crippen molar-refractivity contribution in [1.29, 1.82) is 0 Å². The molecule has 4 aromatic rings. The lowest BCUT2D eigenvalue weighted by molar-refractivity contribution is -0.113. The second kappa shape index (κ2) is 7.95. The van der Waals surface area contributed by atoms with E-state index in [2.05, 4.69) is 15.5 Å². The smallest absolute Gasteiger partial charge is 0.234 e. The molecule has 7 nitrogen and oxygen atoms in total. The van der Waals surface area contributed by atoms with Crippen molar-refractivity contribution in [1.82, 2.24) is 19.5 Å². The van der Waals surface area contributed by atoms with E-state index >= 15 is 0 Å². The highest BCUT2D eigenvalue weighted by molar-refractivity contribution is 7.99. The van der Waals surface area contributed by atoms with Crippen LogP contribution in [0.15, 0.2) is 70.7 Å². The number of benzene rings is 1. The third kappa shape index (κ3) is 3.83. The summed E-state index contributed by atoms with van der Waals surface area (Å²) < 4.78 is 9.09. The number of thioether (sulfide) groups is 1. The van der Waals surface area contributed by atoms with Gasteiger partial charge in [0.1, 0.15) is 0 Å². The Morgan fingerprint density at radius 1 is 1.21 bits per heavy atom. The molecular weight excluding hydrogens is 398 g/mol. The van der Waals surface area contributed by atoms with E-state index in [1.807, 2.05) is 48.3 Å². The molecule has 1 amide bonds. The van der Waals surface area contributed by atoms with Crippen LogP contribution < -0.4 is 5.32 Å². The standard InChI is InChI=1S/C19H16ClN5O2S/c1-13-6-7-14(20)11-15(13)21-17(26)12-28-19-23-22-18(16-5-4-10-27-16)25(19)24-8-2-3-9-24/h2-11H,12H2,1H3,(H,21,26). The van der Waals surface area contributed by atoms with Crippen molar-refractivity contribution in [3.05, 3.63) is 71.7 Å². The number of rotatable bonds is 6. The number of hydrogen-bond donors (Lipinski definition) is 1. The SMILES string of the molecule is Cc1ccc(Cl)cc1NC(=O)CSc1nnc(-c2ccco2)n1-n1cccc1. The van der Waals surface area contributed by atoms with E-state index < -0.39 is 0 Å². The van der Waals surface area contributed by atoms with Crippen LogP contribution in [0.5, 0.6) is 0 Å². The van der Waals surface area contributed by atoms with Crippen LogP contribution in [-0.2, 0) is 4.79 Å². The van der Waals surface area contributed by atoms with Gasteiger partial charge >= 0.3 is 0 Å². The van der Waals surface area contributed by atoms with Crippen molar-refractivity contribution in [2.45, 2.75) is 12.1 Å². The fourth-order valence-corrected chi connectivity index (χ4v) is 3.53. The van der Waals surface area contributed by atoms with E-state index in [0.29, 0.717) is 27.5 Å². The minimum absolute atomic E-state index is 0.156. The zero-order chi connectivity index (χ0) is 19.5. The molecule has 9 heteroatoms. The summed E-state index contributed by atoms with van der Waals surface area (Å²) in [5.41, 5.74) is 1.64. The lowest BCUT2D eigenvalue weighted by Crippen LogP contribution is -2.16. The molecule has 0 saturated heterocycles. The van der Waals surface area contributed by atoms with Crippen molar-refractivity contribution in [3.8, 4) is 11.6 Å². The van der Waals surface area contributed by atoms with Crippen molar-refractivity contribution in [2.75, 3.05) is 11.1 Å². The number of hydrogen-bond acceptors (Lipinski definition) is 5. The van der Waals surface area contributed by atoms with Gasteiger partial charge in [0, 0.05) is 23.1 Å². The van der Waals surface area contributed by atoms with Crippen LogP contribution >= 0.6 is 23.4 Å². The molecule has 0 atom stereocenters. The number of nitrogens with zero attached hydrogens (tertiary/aromatic N) is 4. The molecule has 0 saturated carbocycles. The number of furan rings is 1. The van der Waals surface area contributed by atoms with E-state index in [-0.39, 0.29) is 11.7 Å². The fourth-order valence-electron chi connectivity index (χ4n) is 2.63. The lowest BCUT2D eigenvalue weighted by atomic mass is 10.2. The Balaban J connectivity index is 1.54. The Morgan fingerprint density at radius 2 is 2.04 bits per heavy atom. The van der Waals surface area contributed by atoms with Gasteiger partial charge in [-0.15, -0.1) is 10.2 Å². The molecule has 0 unspecified atom stereocenters. The summed E-state index contributed by atoms with van der Waals surface area (Å²) in [6.45, 7) is 1.91. The molecule has 142 valence electrons. The molecule has 3 heterocycles. The Kier molecular flexibility index (Phi) is 5.23. The molecule has 1 N–H and O–H groups in total. The third-order valence-electron chi connectivity index (χ3n) is 3.98. The highest BCUT2D eigenvalue weighted by Crippen LogP contribution is 2.25. The number of aromatic nitrogens is 4. The molecular formula is C19H16ClN5O2S. The van der Waals surface area contributed by atoms with Gasteiger partial charge in [0.05, 0.1) is 12.0 Å². The number of nitrogens with one attached hydrogen (secondary N) is 1. The Labute approximate surface area is 170 Å². The van der Waals surface area contributed by atoms with Gasteiger partial charge < -0.3 is 9.73 Å². The zero-order valence-corrected chi connectivity index (χ0v) is 16.4. The quantitative estimate of drug-likeness (QED) is 0.475. The van der Waals surface area contributed by atoms with Gasteiger partial charge in [-0.1, -0.05) is 29.4 Å². The maximum atomic E-state index is 12.4.